The van der Waals surface area contributed by atoms with Gasteiger partial charge in [0, 0.05) is 0 Å². The molecule has 0 aromatic rings. The van der Waals surface area contributed by atoms with Crippen LogP contribution in [0.1, 0.15) is 40.5 Å². The van der Waals surface area contributed by atoms with E-state index in [0.29, 0.717) is 17.8 Å². The summed E-state index contributed by atoms with van der Waals surface area (Å²) in [6.07, 6.45) is 2.25. The number of hydrogen-bond acceptors (Lipinski definition) is 1. The summed E-state index contributed by atoms with van der Waals surface area (Å²) in [4.78, 5) is 0. The molecule has 0 radical (unpaired) electrons. The quantitative estimate of drug-likeness (QED) is 0.571. The molecule has 4 unspecified atom stereocenters. The minimum absolute atomic E-state index is 0.420. The summed E-state index contributed by atoms with van der Waals surface area (Å²) < 4.78 is 0. The SMILES string of the molecule is CC1CC(C)C(C)C(C)(O)C1. The van der Waals surface area contributed by atoms with Crippen LogP contribution in [0.5, 0.6) is 0 Å². The van der Waals surface area contributed by atoms with Gasteiger partial charge in [-0.3, -0.25) is 0 Å². The standard InChI is InChI=1S/C10H20O/c1-7-5-8(2)9(3)10(4,11)6-7/h7-9,11H,5-6H2,1-4H3. The molecular weight excluding hydrogens is 136 g/mol. The van der Waals surface area contributed by atoms with Gasteiger partial charge >= 0.3 is 0 Å². The largest absolute Gasteiger partial charge is 0.390 e. The molecule has 1 N–H and O–H groups in total. The Labute approximate surface area is 69.8 Å². The van der Waals surface area contributed by atoms with E-state index in [1.807, 2.05) is 6.92 Å². The van der Waals surface area contributed by atoms with Gasteiger partial charge < -0.3 is 5.11 Å². The van der Waals surface area contributed by atoms with Crippen LogP contribution in [0.25, 0.3) is 0 Å². The van der Waals surface area contributed by atoms with Gasteiger partial charge in [0.15, 0.2) is 0 Å². The molecule has 66 valence electrons. The number of aliphatic hydroxyl groups is 1. The molecule has 0 saturated heterocycles. The lowest BCUT2D eigenvalue weighted by molar-refractivity contribution is -0.0641. The van der Waals surface area contributed by atoms with Crippen molar-refractivity contribution in [3.8, 4) is 0 Å². The second-order valence-corrected chi connectivity index (χ2v) is 4.67. The van der Waals surface area contributed by atoms with Crippen LogP contribution in [0.15, 0.2) is 0 Å². The molecule has 0 bridgehead atoms. The Balaban J connectivity index is 2.67. The van der Waals surface area contributed by atoms with Crippen LogP contribution in [0.2, 0.25) is 0 Å². The van der Waals surface area contributed by atoms with E-state index < -0.39 is 5.60 Å². The summed E-state index contributed by atoms with van der Waals surface area (Å²) in [6.45, 7) is 8.62. The van der Waals surface area contributed by atoms with E-state index in [2.05, 4.69) is 20.8 Å². The highest BCUT2D eigenvalue weighted by atomic mass is 16.3. The fourth-order valence-corrected chi connectivity index (χ4v) is 2.43. The molecular formula is C10H20O. The van der Waals surface area contributed by atoms with Crippen LogP contribution in [0.3, 0.4) is 0 Å². The Morgan fingerprint density at radius 2 is 1.82 bits per heavy atom. The first-order valence-corrected chi connectivity index (χ1v) is 4.66. The summed E-state index contributed by atoms with van der Waals surface area (Å²) >= 11 is 0. The number of rotatable bonds is 0. The number of hydrogen-bond donors (Lipinski definition) is 1. The fraction of sp³-hybridized carbons (Fsp3) is 1.00. The molecule has 1 heteroatoms. The van der Waals surface area contributed by atoms with Gasteiger partial charge in [-0.15, -0.1) is 0 Å². The molecule has 1 fully saturated rings. The lowest BCUT2D eigenvalue weighted by atomic mass is 9.68. The normalized spacial score (nSPS) is 52.6. The summed E-state index contributed by atoms with van der Waals surface area (Å²) in [5, 5.41) is 9.98. The van der Waals surface area contributed by atoms with Crippen molar-refractivity contribution >= 4 is 0 Å². The van der Waals surface area contributed by atoms with Crippen LogP contribution in [-0.4, -0.2) is 10.7 Å². The van der Waals surface area contributed by atoms with Gasteiger partial charge in [-0.25, -0.2) is 0 Å². The highest BCUT2D eigenvalue weighted by molar-refractivity contribution is 4.89. The van der Waals surface area contributed by atoms with Crippen LogP contribution < -0.4 is 0 Å². The molecule has 11 heavy (non-hydrogen) atoms. The summed E-state index contributed by atoms with van der Waals surface area (Å²) in [5.41, 5.74) is -0.420. The molecule has 0 amide bonds. The van der Waals surface area contributed by atoms with Crippen molar-refractivity contribution < 1.29 is 5.11 Å². The predicted molar refractivity (Wildman–Crippen MR) is 47.3 cm³/mol. The molecule has 0 heterocycles. The van der Waals surface area contributed by atoms with E-state index >= 15 is 0 Å². The fourth-order valence-electron chi connectivity index (χ4n) is 2.43. The van der Waals surface area contributed by atoms with E-state index in [1.165, 1.54) is 6.42 Å². The summed E-state index contributed by atoms with van der Waals surface area (Å²) in [7, 11) is 0. The zero-order valence-electron chi connectivity index (χ0n) is 8.09. The molecule has 1 aliphatic carbocycles. The zero-order valence-corrected chi connectivity index (χ0v) is 8.09. The van der Waals surface area contributed by atoms with Gasteiger partial charge in [-0.2, -0.15) is 0 Å². The van der Waals surface area contributed by atoms with Gasteiger partial charge in [0.25, 0.3) is 0 Å². The van der Waals surface area contributed by atoms with Crippen molar-refractivity contribution in [1.82, 2.24) is 0 Å². The lowest BCUT2D eigenvalue weighted by Gasteiger charge is -2.42. The Bertz CT molecular complexity index is 140. The van der Waals surface area contributed by atoms with E-state index in [-0.39, 0.29) is 0 Å². The van der Waals surface area contributed by atoms with E-state index in [1.54, 1.807) is 0 Å². The second-order valence-electron chi connectivity index (χ2n) is 4.67. The Morgan fingerprint density at radius 3 is 2.27 bits per heavy atom. The van der Waals surface area contributed by atoms with Crippen LogP contribution in [0.4, 0.5) is 0 Å². The van der Waals surface area contributed by atoms with Gasteiger partial charge in [-0.1, -0.05) is 20.8 Å². The van der Waals surface area contributed by atoms with Gasteiger partial charge in [0.2, 0.25) is 0 Å². The molecule has 1 aliphatic rings. The van der Waals surface area contributed by atoms with Crippen molar-refractivity contribution in [3.63, 3.8) is 0 Å². The van der Waals surface area contributed by atoms with Gasteiger partial charge in [0.05, 0.1) is 5.60 Å². The molecule has 0 aromatic heterocycles. The van der Waals surface area contributed by atoms with Crippen LogP contribution in [0, 0.1) is 17.8 Å². The third kappa shape index (κ3) is 1.76. The van der Waals surface area contributed by atoms with Crippen LogP contribution in [-0.2, 0) is 0 Å². The molecule has 0 spiro atoms. The predicted octanol–water partition coefficient (Wildman–Crippen LogP) is 2.44. The molecule has 0 aromatic carbocycles. The van der Waals surface area contributed by atoms with Gasteiger partial charge in [0.1, 0.15) is 0 Å². The van der Waals surface area contributed by atoms with E-state index in [4.69, 9.17) is 0 Å². The van der Waals surface area contributed by atoms with Crippen molar-refractivity contribution in [2.75, 3.05) is 0 Å². The van der Waals surface area contributed by atoms with E-state index in [0.717, 1.165) is 6.42 Å². The zero-order chi connectivity index (χ0) is 8.65. The Hall–Kier alpha value is -0.0400. The smallest absolute Gasteiger partial charge is 0.0650 e. The molecule has 1 rings (SSSR count). The van der Waals surface area contributed by atoms with Crippen molar-refractivity contribution in [2.24, 2.45) is 17.8 Å². The third-order valence-corrected chi connectivity index (χ3v) is 3.37. The highest BCUT2D eigenvalue weighted by Crippen LogP contribution is 2.39. The van der Waals surface area contributed by atoms with Gasteiger partial charge in [-0.05, 0) is 37.5 Å². The summed E-state index contributed by atoms with van der Waals surface area (Å²) in [6, 6.07) is 0. The molecule has 1 nitrogen and oxygen atoms in total. The average Bonchev–Trinajstić information content (AvgIpc) is 1.81. The minimum atomic E-state index is -0.420. The molecule has 0 aliphatic heterocycles. The summed E-state index contributed by atoms with van der Waals surface area (Å²) in [5.74, 6) is 1.82. The maximum absolute atomic E-state index is 9.98. The first-order valence-electron chi connectivity index (χ1n) is 4.66. The first-order chi connectivity index (χ1) is 4.93. The van der Waals surface area contributed by atoms with Crippen molar-refractivity contribution in [2.45, 2.75) is 46.1 Å². The van der Waals surface area contributed by atoms with E-state index in [9.17, 15) is 5.11 Å². The second kappa shape index (κ2) is 2.78. The molecule has 1 saturated carbocycles. The maximum atomic E-state index is 9.98. The highest BCUT2D eigenvalue weighted by Gasteiger charge is 2.38. The first kappa shape index (κ1) is 9.05. The van der Waals surface area contributed by atoms with Crippen molar-refractivity contribution in [1.29, 1.82) is 0 Å². The van der Waals surface area contributed by atoms with Crippen molar-refractivity contribution in [3.05, 3.63) is 0 Å². The van der Waals surface area contributed by atoms with Crippen LogP contribution >= 0.6 is 0 Å². The monoisotopic (exact) mass is 156 g/mol. The molecule has 4 atom stereocenters. The minimum Gasteiger partial charge on any atom is -0.390 e. The average molecular weight is 156 g/mol. The maximum Gasteiger partial charge on any atom is 0.0650 e. The lowest BCUT2D eigenvalue weighted by Crippen LogP contribution is -2.42. The topological polar surface area (TPSA) is 20.2 Å². The third-order valence-electron chi connectivity index (χ3n) is 3.37. The Kier molecular flexibility index (Phi) is 2.29. The Morgan fingerprint density at radius 1 is 1.27 bits per heavy atom.